The summed E-state index contributed by atoms with van der Waals surface area (Å²) in [7, 11) is 0. The minimum atomic E-state index is -0.278. The summed E-state index contributed by atoms with van der Waals surface area (Å²) in [6, 6.07) is 15.8. The van der Waals surface area contributed by atoms with Crippen LogP contribution < -0.4 is 5.32 Å². The number of nitrogens with one attached hydrogen (secondary N) is 1. The second kappa shape index (κ2) is 10.8. The molecular weight excluding hydrogens is 467 g/mol. The van der Waals surface area contributed by atoms with Crippen molar-refractivity contribution in [2.45, 2.75) is 24.3 Å². The van der Waals surface area contributed by atoms with Crippen molar-refractivity contribution in [2.75, 3.05) is 31.9 Å². The fourth-order valence-electron chi connectivity index (χ4n) is 4.56. The Kier molecular flexibility index (Phi) is 7.37. The van der Waals surface area contributed by atoms with E-state index in [0.717, 1.165) is 46.4 Å². The molecular formula is C26H27FN4OS2. The molecule has 0 radical (unpaired) electrons. The van der Waals surface area contributed by atoms with Gasteiger partial charge >= 0.3 is 0 Å². The maximum absolute atomic E-state index is 14.3. The largest absolute Gasteiger partial charge is 0.354 e. The third kappa shape index (κ3) is 5.40. The number of hydrogen-bond donors (Lipinski definition) is 1. The van der Waals surface area contributed by atoms with Crippen LogP contribution in [0.1, 0.15) is 18.4 Å². The molecule has 5 nitrogen and oxygen atoms in total. The summed E-state index contributed by atoms with van der Waals surface area (Å²) in [5, 5.41) is 4.29. The first-order valence-electron chi connectivity index (χ1n) is 11.6. The first kappa shape index (κ1) is 23.2. The van der Waals surface area contributed by atoms with Crippen molar-refractivity contribution in [3.05, 3.63) is 66.2 Å². The maximum Gasteiger partial charge on any atom is 0.230 e. The van der Waals surface area contributed by atoms with Gasteiger partial charge in [-0.25, -0.2) is 14.4 Å². The van der Waals surface area contributed by atoms with E-state index in [9.17, 15) is 9.18 Å². The molecule has 8 heteroatoms. The Morgan fingerprint density at radius 3 is 2.76 bits per heavy atom. The van der Waals surface area contributed by atoms with Gasteiger partial charge in [0.25, 0.3) is 0 Å². The average molecular weight is 495 g/mol. The van der Waals surface area contributed by atoms with Gasteiger partial charge in [0.2, 0.25) is 5.91 Å². The number of hydrogen-bond acceptors (Lipinski definition) is 6. The van der Waals surface area contributed by atoms with E-state index in [1.807, 2.05) is 6.07 Å². The number of thioether (sulfide) groups is 1. The molecule has 0 atom stereocenters. The number of rotatable bonds is 8. The minimum absolute atomic E-state index is 0.0111. The van der Waals surface area contributed by atoms with Crippen LogP contribution in [-0.2, 0) is 11.2 Å². The van der Waals surface area contributed by atoms with Crippen molar-refractivity contribution in [3.63, 3.8) is 0 Å². The third-order valence-corrected chi connectivity index (χ3v) is 8.63. The molecule has 3 heterocycles. The Hall–Kier alpha value is -2.55. The number of carbonyl (C=O) groups is 1. The van der Waals surface area contributed by atoms with Crippen LogP contribution in [0, 0.1) is 11.7 Å². The number of halogens is 1. The maximum atomic E-state index is 14.3. The van der Waals surface area contributed by atoms with Gasteiger partial charge in [-0.3, -0.25) is 4.79 Å². The fraction of sp³-hybridized carbons (Fsp3) is 0.346. The lowest BCUT2D eigenvalue weighted by molar-refractivity contribution is -0.118. The molecule has 1 fully saturated rings. The van der Waals surface area contributed by atoms with Crippen LogP contribution in [-0.4, -0.2) is 52.7 Å². The molecule has 0 saturated carbocycles. The number of benzene rings is 2. The standard InChI is InChI=1S/C26H27FN4OS2/c27-20-7-4-8-21-23(20)24-25(34-21)26(30-17-29-24)33-16-22(32)28-11-14-31-12-9-19(10-13-31)15-18-5-2-1-3-6-18/h1-8,17,19H,9-16H2,(H,28,32). The second-order valence-electron chi connectivity index (χ2n) is 8.68. The Labute approximate surface area is 206 Å². The van der Waals surface area contributed by atoms with Gasteiger partial charge in [-0.1, -0.05) is 48.2 Å². The Morgan fingerprint density at radius 2 is 1.94 bits per heavy atom. The molecule has 0 bridgehead atoms. The first-order valence-corrected chi connectivity index (χ1v) is 13.4. The van der Waals surface area contributed by atoms with Gasteiger partial charge in [-0.2, -0.15) is 0 Å². The Balaban J connectivity index is 1.07. The van der Waals surface area contributed by atoms with E-state index in [1.54, 1.807) is 6.07 Å². The van der Waals surface area contributed by atoms with Gasteiger partial charge in [-0.15, -0.1) is 11.3 Å². The normalized spacial score (nSPS) is 15.2. The number of piperidine rings is 1. The van der Waals surface area contributed by atoms with Crippen molar-refractivity contribution < 1.29 is 9.18 Å². The van der Waals surface area contributed by atoms with Crippen molar-refractivity contribution in [1.82, 2.24) is 20.2 Å². The van der Waals surface area contributed by atoms with Crippen LogP contribution in [0.25, 0.3) is 20.3 Å². The fourth-order valence-corrected chi connectivity index (χ4v) is 6.63. The summed E-state index contributed by atoms with van der Waals surface area (Å²) in [6.07, 6.45) is 5.02. The molecule has 0 unspecified atom stereocenters. The summed E-state index contributed by atoms with van der Waals surface area (Å²) in [5.41, 5.74) is 2.04. The summed E-state index contributed by atoms with van der Waals surface area (Å²) in [4.78, 5) is 23.5. The predicted octanol–water partition coefficient (Wildman–Crippen LogP) is 5.15. The van der Waals surface area contributed by atoms with E-state index in [-0.39, 0.29) is 17.5 Å². The summed E-state index contributed by atoms with van der Waals surface area (Å²) in [6.45, 7) is 3.70. The molecule has 2 aromatic heterocycles. The summed E-state index contributed by atoms with van der Waals surface area (Å²) >= 11 is 2.84. The number of carbonyl (C=O) groups excluding carboxylic acids is 1. The molecule has 34 heavy (non-hydrogen) atoms. The van der Waals surface area contributed by atoms with E-state index < -0.39 is 0 Å². The predicted molar refractivity (Wildman–Crippen MR) is 138 cm³/mol. The summed E-state index contributed by atoms with van der Waals surface area (Å²) < 4.78 is 16.0. The lowest BCUT2D eigenvalue weighted by Crippen LogP contribution is -2.40. The second-order valence-corrected chi connectivity index (χ2v) is 10.7. The number of fused-ring (bicyclic) bond motifs is 3. The third-order valence-electron chi connectivity index (χ3n) is 6.36. The molecule has 0 aliphatic carbocycles. The highest BCUT2D eigenvalue weighted by Gasteiger charge is 2.19. The number of aromatic nitrogens is 2. The minimum Gasteiger partial charge on any atom is -0.354 e. The van der Waals surface area contributed by atoms with Crippen LogP contribution in [0.4, 0.5) is 4.39 Å². The SMILES string of the molecule is O=C(CSc1ncnc2c1sc1cccc(F)c12)NCCN1CCC(Cc2ccccc2)CC1. The Bertz CT molecular complexity index is 1270. The van der Waals surface area contributed by atoms with E-state index in [0.29, 0.717) is 17.4 Å². The van der Waals surface area contributed by atoms with Crippen LogP contribution >= 0.6 is 23.1 Å². The number of likely N-dealkylation sites (tertiary alicyclic amines) is 1. The Morgan fingerprint density at radius 1 is 1.12 bits per heavy atom. The topological polar surface area (TPSA) is 58.1 Å². The molecule has 1 amide bonds. The van der Waals surface area contributed by atoms with Gasteiger partial charge in [0.15, 0.2) is 0 Å². The van der Waals surface area contributed by atoms with Crippen molar-refractivity contribution in [1.29, 1.82) is 0 Å². The lowest BCUT2D eigenvalue weighted by atomic mass is 9.90. The number of amides is 1. The molecule has 1 aliphatic rings. The van der Waals surface area contributed by atoms with Gasteiger partial charge in [-0.05, 0) is 56.0 Å². The quantitative estimate of drug-likeness (QED) is 0.271. The zero-order valence-corrected chi connectivity index (χ0v) is 20.5. The van der Waals surface area contributed by atoms with Crippen LogP contribution in [0.2, 0.25) is 0 Å². The monoisotopic (exact) mass is 494 g/mol. The van der Waals surface area contributed by atoms with Crippen LogP contribution in [0.3, 0.4) is 0 Å². The van der Waals surface area contributed by atoms with Crippen molar-refractivity contribution in [2.24, 2.45) is 5.92 Å². The van der Waals surface area contributed by atoms with Gasteiger partial charge in [0.1, 0.15) is 17.2 Å². The van der Waals surface area contributed by atoms with Gasteiger partial charge in [0.05, 0.1) is 21.4 Å². The number of nitrogens with zero attached hydrogens (tertiary/aromatic N) is 3. The van der Waals surface area contributed by atoms with Crippen molar-refractivity contribution >= 4 is 49.3 Å². The highest BCUT2D eigenvalue weighted by Crippen LogP contribution is 2.38. The molecule has 0 spiro atoms. The van der Waals surface area contributed by atoms with E-state index in [2.05, 4.69) is 50.5 Å². The van der Waals surface area contributed by atoms with Gasteiger partial charge in [0, 0.05) is 17.8 Å². The van der Waals surface area contributed by atoms with Crippen molar-refractivity contribution in [3.8, 4) is 0 Å². The summed E-state index contributed by atoms with van der Waals surface area (Å²) in [5.74, 6) is 0.738. The van der Waals surface area contributed by atoms with Gasteiger partial charge < -0.3 is 10.2 Å². The molecule has 4 aromatic rings. The average Bonchev–Trinajstić information content (AvgIpc) is 3.25. The van der Waals surface area contributed by atoms with E-state index >= 15 is 0 Å². The molecule has 2 aromatic carbocycles. The van der Waals surface area contributed by atoms with E-state index in [4.69, 9.17) is 0 Å². The molecule has 176 valence electrons. The van der Waals surface area contributed by atoms with E-state index in [1.165, 1.54) is 53.9 Å². The van der Waals surface area contributed by atoms with Crippen LogP contribution in [0.5, 0.6) is 0 Å². The zero-order chi connectivity index (χ0) is 23.3. The smallest absolute Gasteiger partial charge is 0.230 e. The number of thiophene rings is 1. The van der Waals surface area contributed by atoms with Crippen LogP contribution in [0.15, 0.2) is 59.9 Å². The zero-order valence-electron chi connectivity index (χ0n) is 18.9. The molecule has 5 rings (SSSR count). The first-order chi connectivity index (χ1) is 16.7. The highest BCUT2D eigenvalue weighted by molar-refractivity contribution is 8.00. The highest BCUT2D eigenvalue weighted by atomic mass is 32.2. The lowest BCUT2D eigenvalue weighted by Gasteiger charge is -2.32. The molecule has 1 aliphatic heterocycles. The molecule has 1 saturated heterocycles. The molecule has 1 N–H and O–H groups in total.